The van der Waals surface area contributed by atoms with Gasteiger partial charge in [0.2, 0.25) is 0 Å². The van der Waals surface area contributed by atoms with E-state index < -0.39 is 0 Å². The van der Waals surface area contributed by atoms with E-state index >= 15 is 0 Å². The Morgan fingerprint density at radius 3 is 2.76 bits per heavy atom. The maximum Gasteiger partial charge on any atom is 0.339 e. The Hall–Kier alpha value is -1.78. The Kier molecular flexibility index (Phi) is 3.99. The van der Waals surface area contributed by atoms with Crippen molar-refractivity contribution in [3.05, 3.63) is 59.0 Å². The van der Waals surface area contributed by atoms with E-state index in [1.165, 1.54) is 27.7 Å². The number of ether oxygens (including phenoxy) is 1. The van der Waals surface area contributed by atoms with Gasteiger partial charge in [0.05, 0.1) is 12.7 Å². The molecule has 3 rings (SSSR count). The van der Waals surface area contributed by atoms with Gasteiger partial charge in [0.25, 0.3) is 0 Å². The molecule has 3 aromatic rings. The first-order valence-electron chi connectivity index (χ1n) is 6.52. The van der Waals surface area contributed by atoms with Gasteiger partial charge in [-0.1, -0.05) is 35.5 Å². The highest BCUT2D eigenvalue weighted by Gasteiger charge is 2.14. The Balaban J connectivity index is 2.03. The number of benzene rings is 2. The average molecular weight is 314 g/mol. The number of thiophene rings is 1. The third kappa shape index (κ3) is 2.82. The van der Waals surface area contributed by atoms with Gasteiger partial charge in [0, 0.05) is 25.3 Å². The van der Waals surface area contributed by atoms with Crippen LogP contribution in [0, 0.1) is 6.92 Å². The fraction of sp³-hybridized carbons (Fsp3) is 0.118. The molecule has 0 fully saturated rings. The number of methoxy groups -OCH3 is 1. The molecular formula is C17H14O2S2. The molecule has 0 spiro atoms. The van der Waals surface area contributed by atoms with E-state index in [0.717, 1.165) is 4.90 Å². The van der Waals surface area contributed by atoms with Crippen molar-refractivity contribution in [3.63, 3.8) is 0 Å². The highest BCUT2D eigenvalue weighted by molar-refractivity contribution is 7.99. The summed E-state index contributed by atoms with van der Waals surface area (Å²) in [4.78, 5) is 13.9. The lowest BCUT2D eigenvalue weighted by molar-refractivity contribution is 0.0597. The van der Waals surface area contributed by atoms with Gasteiger partial charge in [-0.3, -0.25) is 0 Å². The number of fused-ring (bicyclic) bond motifs is 1. The van der Waals surface area contributed by atoms with Crippen molar-refractivity contribution < 1.29 is 9.53 Å². The molecule has 0 saturated carbocycles. The smallest absolute Gasteiger partial charge is 0.339 e. The first-order chi connectivity index (χ1) is 10.2. The molecule has 1 aromatic heterocycles. The lowest BCUT2D eigenvalue weighted by Crippen LogP contribution is -2.02. The van der Waals surface area contributed by atoms with Crippen LogP contribution in [0.25, 0.3) is 10.1 Å². The summed E-state index contributed by atoms with van der Waals surface area (Å²) in [6.45, 7) is 2.09. The zero-order chi connectivity index (χ0) is 14.8. The van der Waals surface area contributed by atoms with Crippen LogP contribution in [0.15, 0.2) is 57.6 Å². The van der Waals surface area contributed by atoms with Gasteiger partial charge in [-0.05, 0) is 31.2 Å². The molecule has 0 saturated heterocycles. The number of hydrogen-bond acceptors (Lipinski definition) is 4. The van der Waals surface area contributed by atoms with Crippen molar-refractivity contribution >= 4 is 39.2 Å². The number of hydrogen-bond donors (Lipinski definition) is 0. The molecule has 21 heavy (non-hydrogen) atoms. The van der Waals surface area contributed by atoms with E-state index in [-0.39, 0.29) is 5.97 Å². The number of carbonyl (C=O) groups is 1. The standard InChI is InChI=1S/C17H14O2S2/c1-11-7-8-14-13(9-11)16(10-20-14)21-15-6-4-3-5-12(15)17(18)19-2/h3-10H,1-2H3. The predicted molar refractivity (Wildman–Crippen MR) is 88.5 cm³/mol. The summed E-state index contributed by atoms with van der Waals surface area (Å²) in [5.74, 6) is -0.297. The summed E-state index contributed by atoms with van der Waals surface area (Å²) in [5, 5.41) is 3.38. The number of esters is 1. The second-order valence-electron chi connectivity index (χ2n) is 4.69. The van der Waals surface area contributed by atoms with Gasteiger partial charge in [0.1, 0.15) is 0 Å². The second kappa shape index (κ2) is 5.92. The van der Waals surface area contributed by atoms with Crippen LogP contribution >= 0.6 is 23.1 Å². The first-order valence-corrected chi connectivity index (χ1v) is 8.21. The fourth-order valence-electron chi connectivity index (χ4n) is 2.15. The van der Waals surface area contributed by atoms with Crippen molar-refractivity contribution in [3.8, 4) is 0 Å². The van der Waals surface area contributed by atoms with Crippen molar-refractivity contribution in [2.45, 2.75) is 16.7 Å². The highest BCUT2D eigenvalue weighted by Crippen LogP contribution is 2.39. The topological polar surface area (TPSA) is 26.3 Å². The van der Waals surface area contributed by atoms with Crippen LogP contribution < -0.4 is 0 Å². The number of carbonyl (C=O) groups excluding carboxylic acids is 1. The van der Waals surface area contributed by atoms with Crippen molar-refractivity contribution in [1.82, 2.24) is 0 Å². The predicted octanol–water partition coefficient (Wildman–Crippen LogP) is 5.15. The quantitative estimate of drug-likeness (QED) is 0.626. The minimum Gasteiger partial charge on any atom is -0.465 e. The monoisotopic (exact) mass is 314 g/mol. The molecule has 2 aromatic carbocycles. The lowest BCUT2D eigenvalue weighted by Gasteiger charge is -2.06. The summed E-state index contributed by atoms with van der Waals surface area (Å²) < 4.78 is 6.12. The maximum absolute atomic E-state index is 11.8. The molecule has 2 nitrogen and oxygen atoms in total. The second-order valence-corrected chi connectivity index (χ2v) is 6.68. The molecule has 0 aliphatic heterocycles. The molecule has 0 radical (unpaired) electrons. The van der Waals surface area contributed by atoms with Crippen molar-refractivity contribution in [2.24, 2.45) is 0 Å². The average Bonchev–Trinajstić information content (AvgIpc) is 2.89. The molecule has 106 valence electrons. The molecule has 0 aliphatic carbocycles. The van der Waals surface area contributed by atoms with E-state index in [1.807, 2.05) is 18.2 Å². The van der Waals surface area contributed by atoms with Crippen LogP contribution in [-0.4, -0.2) is 13.1 Å². The molecule has 0 aliphatic rings. The van der Waals surface area contributed by atoms with E-state index in [4.69, 9.17) is 4.74 Å². The van der Waals surface area contributed by atoms with E-state index in [2.05, 4.69) is 30.5 Å². The van der Waals surface area contributed by atoms with Crippen LogP contribution in [-0.2, 0) is 4.74 Å². The molecule has 0 bridgehead atoms. The zero-order valence-electron chi connectivity index (χ0n) is 11.8. The van der Waals surface area contributed by atoms with Gasteiger partial charge in [-0.2, -0.15) is 0 Å². The Labute approximate surface area is 131 Å². The molecule has 1 heterocycles. The summed E-state index contributed by atoms with van der Waals surface area (Å²) >= 11 is 3.34. The maximum atomic E-state index is 11.8. The number of rotatable bonds is 3. The minimum absolute atomic E-state index is 0.297. The molecule has 4 heteroatoms. The highest BCUT2D eigenvalue weighted by atomic mass is 32.2. The van der Waals surface area contributed by atoms with Crippen LogP contribution in [0.4, 0.5) is 0 Å². The van der Waals surface area contributed by atoms with Crippen molar-refractivity contribution in [1.29, 1.82) is 0 Å². The normalized spacial score (nSPS) is 10.8. The fourth-order valence-corrected chi connectivity index (χ4v) is 4.28. The molecule has 0 N–H and O–H groups in total. The van der Waals surface area contributed by atoms with Crippen LogP contribution in [0.3, 0.4) is 0 Å². The Morgan fingerprint density at radius 2 is 1.95 bits per heavy atom. The van der Waals surface area contributed by atoms with Crippen LogP contribution in [0.5, 0.6) is 0 Å². The van der Waals surface area contributed by atoms with Crippen LogP contribution in [0.1, 0.15) is 15.9 Å². The van der Waals surface area contributed by atoms with E-state index in [0.29, 0.717) is 5.56 Å². The van der Waals surface area contributed by atoms with Crippen molar-refractivity contribution in [2.75, 3.05) is 7.11 Å². The molecule has 0 atom stereocenters. The van der Waals surface area contributed by atoms with E-state index in [9.17, 15) is 4.79 Å². The summed E-state index contributed by atoms with van der Waals surface area (Å²) in [6, 6.07) is 14.0. The molecule has 0 amide bonds. The Bertz CT molecular complexity index is 805. The third-order valence-electron chi connectivity index (χ3n) is 3.21. The van der Waals surface area contributed by atoms with Gasteiger partial charge in [-0.25, -0.2) is 4.79 Å². The summed E-state index contributed by atoms with van der Waals surface area (Å²) in [7, 11) is 1.41. The number of aryl methyl sites for hydroxylation is 1. The largest absolute Gasteiger partial charge is 0.465 e. The third-order valence-corrected chi connectivity index (χ3v) is 5.45. The summed E-state index contributed by atoms with van der Waals surface area (Å²) in [5.41, 5.74) is 1.85. The van der Waals surface area contributed by atoms with Crippen LogP contribution in [0.2, 0.25) is 0 Å². The minimum atomic E-state index is -0.297. The van der Waals surface area contributed by atoms with Gasteiger partial charge < -0.3 is 4.74 Å². The zero-order valence-corrected chi connectivity index (χ0v) is 13.4. The Morgan fingerprint density at radius 1 is 1.14 bits per heavy atom. The lowest BCUT2D eigenvalue weighted by atomic mass is 10.2. The summed E-state index contributed by atoms with van der Waals surface area (Å²) in [6.07, 6.45) is 0. The van der Waals surface area contributed by atoms with E-state index in [1.54, 1.807) is 29.2 Å². The van der Waals surface area contributed by atoms with Gasteiger partial charge in [-0.15, -0.1) is 11.3 Å². The molecular weight excluding hydrogens is 300 g/mol. The SMILES string of the molecule is COC(=O)c1ccccc1Sc1csc2ccc(C)cc12. The first kappa shape index (κ1) is 14.2. The van der Waals surface area contributed by atoms with Gasteiger partial charge in [0.15, 0.2) is 0 Å². The van der Waals surface area contributed by atoms with Gasteiger partial charge >= 0.3 is 5.97 Å². The molecule has 0 unspecified atom stereocenters.